The SMILES string of the molecule is C=CC(=O)NCC1NN(C2CCC(F)(F)CC2)C2CCCCC12. The number of fused-ring (bicyclic) bond motifs is 1. The number of hydrogen-bond acceptors (Lipinski definition) is 3. The molecule has 1 heterocycles. The summed E-state index contributed by atoms with van der Waals surface area (Å²) in [5, 5.41) is 5.15. The van der Waals surface area contributed by atoms with Gasteiger partial charge in [-0.05, 0) is 37.7 Å². The van der Waals surface area contributed by atoms with E-state index in [1.165, 1.54) is 18.9 Å². The second-order valence-corrected chi connectivity index (χ2v) is 7.19. The Hall–Kier alpha value is -1.01. The third kappa shape index (κ3) is 3.74. The topological polar surface area (TPSA) is 44.4 Å². The third-order valence-corrected chi connectivity index (χ3v) is 5.73. The van der Waals surface area contributed by atoms with Crippen LogP contribution in [0.2, 0.25) is 0 Å². The van der Waals surface area contributed by atoms with Crippen molar-refractivity contribution in [3.8, 4) is 0 Å². The van der Waals surface area contributed by atoms with Crippen molar-refractivity contribution >= 4 is 5.91 Å². The van der Waals surface area contributed by atoms with E-state index in [0.717, 1.165) is 12.8 Å². The molecule has 6 heteroatoms. The number of carbonyl (C=O) groups excluding carboxylic acids is 1. The van der Waals surface area contributed by atoms with Crippen LogP contribution >= 0.6 is 0 Å². The number of alkyl halides is 2. The highest BCUT2D eigenvalue weighted by Gasteiger charge is 2.47. The molecule has 4 nitrogen and oxygen atoms in total. The van der Waals surface area contributed by atoms with E-state index in [1.54, 1.807) is 0 Å². The molecule has 2 aliphatic carbocycles. The van der Waals surface area contributed by atoms with Gasteiger partial charge in [0, 0.05) is 37.5 Å². The van der Waals surface area contributed by atoms with E-state index in [1.807, 2.05) is 0 Å². The molecule has 0 aromatic rings. The van der Waals surface area contributed by atoms with Crippen molar-refractivity contribution in [1.82, 2.24) is 15.8 Å². The molecule has 130 valence electrons. The summed E-state index contributed by atoms with van der Waals surface area (Å²) in [5.41, 5.74) is 3.55. The van der Waals surface area contributed by atoms with Crippen LogP contribution in [0.15, 0.2) is 12.7 Å². The summed E-state index contributed by atoms with van der Waals surface area (Å²) in [7, 11) is 0. The molecule has 1 aliphatic heterocycles. The molecular weight excluding hydrogens is 300 g/mol. The predicted octanol–water partition coefficient (Wildman–Crippen LogP) is 2.61. The number of rotatable bonds is 4. The van der Waals surface area contributed by atoms with Gasteiger partial charge in [-0.15, -0.1) is 0 Å². The van der Waals surface area contributed by atoms with Gasteiger partial charge in [-0.3, -0.25) is 4.79 Å². The Labute approximate surface area is 136 Å². The smallest absolute Gasteiger partial charge is 0.248 e. The second-order valence-electron chi connectivity index (χ2n) is 7.19. The normalized spacial score (nSPS) is 34.8. The van der Waals surface area contributed by atoms with E-state index in [2.05, 4.69) is 22.3 Å². The van der Waals surface area contributed by atoms with Gasteiger partial charge in [-0.2, -0.15) is 0 Å². The maximum atomic E-state index is 13.4. The average Bonchev–Trinajstić information content (AvgIpc) is 2.91. The van der Waals surface area contributed by atoms with Gasteiger partial charge < -0.3 is 5.32 Å². The summed E-state index contributed by atoms with van der Waals surface area (Å²) in [5.74, 6) is -2.15. The molecule has 1 saturated heterocycles. The monoisotopic (exact) mass is 327 g/mol. The molecular formula is C17H27F2N3O. The van der Waals surface area contributed by atoms with Gasteiger partial charge >= 0.3 is 0 Å². The summed E-state index contributed by atoms with van der Waals surface area (Å²) < 4.78 is 26.9. The minimum absolute atomic E-state index is 0.00883. The highest BCUT2D eigenvalue weighted by Crippen LogP contribution is 2.41. The summed E-state index contributed by atoms with van der Waals surface area (Å²) in [6.07, 6.45) is 7.05. The minimum atomic E-state index is -2.49. The molecule has 3 atom stereocenters. The molecule has 0 radical (unpaired) electrons. The molecule has 3 aliphatic rings. The maximum Gasteiger partial charge on any atom is 0.248 e. The molecule has 3 rings (SSSR count). The fourth-order valence-electron chi connectivity index (χ4n) is 4.50. The van der Waals surface area contributed by atoms with E-state index in [4.69, 9.17) is 0 Å². The fraction of sp³-hybridized carbons (Fsp3) is 0.824. The van der Waals surface area contributed by atoms with Crippen molar-refractivity contribution in [2.75, 3.05) is 6.54 Å². The van der Waals surface area contributed by atoms with Crippen molar-refractivity contribution in [2.45, 2.75) is 75.4 Å². The van der Waals surface area contributed by atoms with E-state index in [9.17, 15) is 13.6 Å². The first-order valence-electron chi connectivity index (χ1n) is 8.83. The first kappa shape index (κ1) is 16.8. The van der Waals surface area contributed by atoms with Crippen molar-refractivity contribution in [1.29, 1.82) is 0 Å². The van der Waals surface area contributed by atoms with Crippen LogP contribution in [0.3, 0.4) is 0 Å². The van der Waals surface area contributed by atoms with E-state index in [0.29, 0.717) is 31.3 Å². The number of nitrogens with one attached hydrogen (secondary N) is 2. The molecule has 1 amide bonds. The number of hydrazine groups is 1. The Morgan fingerprint density at radius 3 is 2.65 bits per heavy atom. The Bertz CT molecular complexity index is 447. The molecule has 23 heavy (non-hydrogen) atoms. The van der Waals surface area contributed by atoms with E-state index in [-0.39, 0.29) is 30.8 Å². The molecule has 0 bridgehead atoms. The van der Waals surface area contributed by atoms with Crippen LogP contribution in [0, 0.1) is 5.92 Å². The Morgan fingerprint density at radius 1 is 1.26 bits per heavy atom. The molecule has 2 saturated carbocycles. The molecule has 0 aromatic carbocycles. The number of halogens is 2. The maximum absolute atomic E-state index is 13.4. The third-order valence-electron chi connectivity index (χ3n) is 5.73. The highest BCUT2D eigenvalue weighted by atomic mass is 19.3. The summed E-state index contributed by atoms with van der Waals surface area (Å²) in [4.78, 5) is 11.4. The molecule has 3 fully saturated rings. The molecule has 3 unspecified atom stereocenters. The van der Waals surface area contributed by atoms with Gasteiger partial charge in [0.05, 0.1) is 0 Å². The zero-order valence-corrected chi connectivity index (χ0v) is 13.6. The van der Waals surface area contributed by atoms with Crippen molar-refractivity contribution < 1.29 is 13.6 Å². The lowest BCUT2D eigenvalue weighted by Crippen LogP contribution is -2.50. The zero-order chi connectivity index (χ0) is 16.4. The zero-order valence-electron chi connectivity index (χ0n) is 13.6. The molecule has 0 spiro atoms. The van der Waals surface area contributed by atoms with Crippen LogP contribution in [-0.2, 0) is 4.79 Å². The lowest BCUT2D eigenvalue weighted by atomic mass is 9.80. The van der Waals surface area contributed by atoms with Gasteiger partial charge in [0.2, 0.25) is 11.8 Å². The Balaban J connectivity index is 1.64. The summed E-state index contributed by atoms with van der Waals surface area (Å²) in [6, 6.07) is 0.818. The van der Waals surface area contributed by atoms with Crippen LogP contribution in [0.25, 0.3) is 0 Å². The highest BCUT2D eigenvalue weighted by molar-refractivity contribution is 5.86. The standard InChI is InChI=1S/C17H27F2N3O/c1-2-16(23)20-11-14-13-5-3-4-6-15(13)22(21-14)12-7-9-17(18,19)10-8-12/h2,12-15,21H,1,3-11H2,(H,20,23). The quantitative estimate of drug-likeness (QED) is 0.780. The average molecular weight is 327 g/mol. The number of amides is 1. The predicted molar refractivity (Wildman–Crippen MR) is 84.9 cm³/mol. The van der Waals surface area contributed by atoms with Gasteiger partial charge in [0.25, 0.3) is 0 Å². The number of hydrogen-bond donors (Lipinski definition) is 2. The van der Waals surface area contributed by atoms with Crippen LogP contribution in [0.1, 0.15) is 51.4 Å². The Morgan fingerprint density at radius 2 is 1.96 bits per heavy atom. The lowest BCUT2D eigenvalue weighted by Gasteiger charge is -2.39. The van der Waals surface area contributed by atoms with Gasteiger partial charge in [-0.1, -0.05) is 19.4 Å². The Kier molecular flexibility index (Phi) is 5.01. The largest absolute Gasteiger partial charge is 0.351 e. The van der Waals surface area contributed by atoms with Crippen LogP contribution in [0.5, 0.6) is 0 Å². The van der Waals surface area contributed by atoms with Gasteiger partial charge in [0.1, 0.15) is 0 Å². The van der Waals surface area contributed by atoms with Gasteiger partial charge in [-0.25, -0.2) is 19.2 Å². The number of nitrogens with zero attached hydrogens (tertiary/aromatic N) is 1. The number of carbonyl (C=O) groups is 1. The van der Waals surface area contributed by atoms with Gasteiger partial charge in [0.15, 0.2) is 0 Å². The minimum Gasteiger partial charge on any atom is -0.351 e. The van der Waals surface area contributed by atoms with Crippen LogP contribution < -0.4 is 10.7 Å². The van der Waals surface area contributed by atoms with Crippen LogP contribution in [0.4, 0.5) is 8.78 Å². The van der Waals surface area contributed by atoms with Crippen molar-refractivity contribution in [3.63, 3.8) is 0 Å². The second kappa shape index (κ2) is 6.85. The first-order valence-corrected chi connectivity index (χ1v) is 8.83. The fourth-order valence-corrected chi connectivity index (χ4v) is 4.50. The van der Waals surface area contributed by atoms with Crippen molar-refractivity contribution in [2.24, 2.45) is 5.92 Å². The molecule has 0 aromatic heterocycles. The van der Waals surface area contributed by atoms with Crippen molar-refractivity contribution in [3.05, 3.63) is 12.7 Å². The van der Waals surface area contributed by atoms with Crippen LogP contribution in [-0.4, -0.2) is 41.5 Å². The van der Waals surface area contributed by atoms with E-state index < -0.39 is 5.92 Å². The summed E-state index contributed by atoms with van der Waals surface area (Å²) in [6.45, 7) is 4.05. The van der Waals surface area contributed by atoms with E-state index >= 15 is 0 Å². The molecule has 2 N–H and O–H groups in total. The first-order chi connectivity index (χ1) is 11.0. The lowest BCUT2D eigenvalue weighted by molar-refractivity contribution is -0.116. The summed E-state index contributed by atoms with van der Waals surface area (Å²) >= 11 is 0.